The summed E-state index contributed by atoms with van der Waals surface area (Å²) in [5.41, 5.74) is 5.38. The molecule has 5 N–H and O–H groups in total. The highest BCUT2D eigenvalue weighted by Gasteiger charge is 2.45. The van der Waals surface area contributed by atoms with Gasteiger partial charge in [0, 0.05) is 7.11 Å². The third-order valence-electron chi connectivity index (χ3n) is 3.49. The lowest BCUT2D eigenvalue weighted by Crippen LogP contribution is -2.34. The van der Waals surface area contributed by atoms with Gasteiger partial charge in [0.05, 0.1) is 12.9 Å². The molecule has 1 unspecified atom stereocenters. The normalized spacial score (nSPS) is 29.3. The number of aliphatic hydroxyl groups is 2. The molecule has 21 heavy (non-hydrogen) atoms. The van der Waals surface area contributed by atoms with Crippen LogP contribution in [0.5, 0.6) is 0 Å². The summed E-state index contributed by atoms with van der Waals surface area (Å²) in [5.74, 6) is -0.0551. The Morgan fingerprint density at radius 1 is 1.62 bits per heavy atom. The molecule has 0 spiro atoms. The van der Waals surface area contributed by atoms with E-state index in [1.165, 1.54) is 18.0 Å². The molecular formula is C11H15N5O5. The molecule has 1 saturated heterocycles. The summed E-state index contributed by atoms with van der Waals surface area (Å²) in [5, 5.41) is 19.3. The third-order valence-corrected chi connectivity index (χ3v) is 3.49. The van der Waals surface area contributed by atoms with Crippen LogP contribution in [0.2, 0.25) is 0 Å². The van der Waals surface area contributed by atoms with Crippen LogP contribution >= 0.6 is 0 Å². The van der Waals surface area contributed by atoms with Gasteiger partial charge in [-0.2, -0.15) is 4.98 Å². The molecule has 3 heterocycles. The fourth-order valence-electron chi connectivity index (χ4n) is 2.48. The zero-order chi connectivity index (χ0) is 15.1. The zero-order valence-electron chi connectivity index (χ0n) is 11.1. The quantitative estimate of drug-likeness (QED) is 0.506. The maximum absolute atomic E-state index is 11.8. The van der Waals surface area contributed by atoms with Crippen molar-refractivity contribution in [3.63, 3.8) is 0 Å². The van der Waals surface area contributed by atoms with Crippen LogP contribution in [0, 0.1) is 0 Å². The van der Waals surface area contributed by atoms with Gasteiger partial charge >= 0.3 is 0 Å². The number of anilines is 1. The van der Waals surface area contributed by atoms with Crippen molar-refractivity contribution in [2.45, 2.75) is 24.5 Å². The van der Waals surface area contributed by atoms with E-state index in [2.05, 4.69) is 15.0 Å². The molecule has 0 amide bonds. The van der Waals surface area contributed by atoms with Crippen molar-refractivity contribution in [3.05, 3.63) is 16.7 Å². The molecule has 0 aliphatic carbocycles. The second kappa shape index (κ2) is 5.07. The molecule has 2 aromatic heterocycles. The number of H-pyrrole nitrogens is 1. The summed E-state index contributed by atoms with van der Waals surface area (Å²) < 4.78 is 12.2. The van der Waals surface area contributed by atoms with Crippen LogP contribution in [0.25, 0.3) is 11.2 Å². The van der Waals surface area contributed by atoms with Gasteiger partial charge in [-0.25, -0.2) is 4.98 Å². The van der Waals surface area contributed by atoms with Gasteiger partial charge in [0.1, 0.15) is 18.3 Å². The van der Waals surface area contributed by atoms with Gasteiger partial charge in [0.15, 0.2) is 17.4 Å². The highest BCUT2D eigenvalue weighted by Crippen LogP contribution is 2.32. The number of hydrogen-bond acceptors (Lipinski definition) is 8. The predicted molar refractivity (Wildman–Crippen MR) is 70.4 cm³/mol. The first-order valence-electron chi connectivity index (χ1n) is 6.26. The van der Waals surface area contributed by atoms with E-state index in [1.807, 2.05) is 0 Å². The number of imidazole rings is 1. The van der Waals surface area contributed by atoms with Gasteiger partial charge in [-0.1, -0.05) is 0 Å². The third kappa shape index (κ3) is 2.08. The fourth-order valence-corrected chi connectivity index (χ4v) is 2.48. The number of ether oxygens (including phenoxy) is 2. The summed E-state index contributed by atoms with van der Waals surface area (Å²) >= 11 is 0. The average molecular weight is 297 g/mol. The van der Waals surface area contributed by atoms with Crippen LogP contribution in [0.15, 0.2) is 11.1 Å². The lowest BCUT2D eigenvalue weighted by molar-refractivity contribution is -0.0583. The topological polar surface area (TPSA) is 149 Å². The Hall–Kier alpha value is -2.01. The number of nitrogen functional groups attached to an aromatic ring is 1. The zero-order valence-corrected chi connectivity index (χ0v) is 11.1. The van der Waals surface area contributed by atoms with E-state index in [0.717, 1.165) is 0 Å². The number of hydrogen-bond donors (Lipinski definition) is 4. The second-order valence-corrected chi connectivity index (χ2v) is 4.71. The van der Waals surface area contributed by atoms with Crippen molar-refractivity contribution >= 4 is 17.1 Å². The molecule has 0 bridgehead atoms. The number of aliphatic hydroxyl groups excluding tert-OH is 2. The van der Waals surface area contributed by atoms with Crippen molar-refractivity contribution in [1.29, 1.82) is 0 Å². The molecule has 3 rings (SSSR count). The highest BCUT2D eigenvalue weighted by atomic mass is 16.6. The predicted octanol–water partition coefficient (Wildman–Crippen LogP) is -2.03. The Bertz CT molecular complexity index is 713. The molecule has 0 aromatic carbocycles. The van der Waals surface area contributed by atoms with Crippen LogP contribution in [0.4, 0.5) is 5.95 Å². The number of aromatic nitrogens is 4. The molecular weight excluding hydrogens is 282 g/mol. The number of methoxy groups -OCH3 is 1. The fraction of sp³-hybridized carbons (Fsp3) is 0.545. The molecule has 4 atom stereocenters. The van der Waals surface area contributed by atoms with Crippen molar-refractivity contribution in [1.82, 2.24) is 19.5 Å². The first-order chi connectivity index (χ1) is 10.1. The largest absolute Gasteiger partial charge is 0.394 e. The Kier molecular flexibility index (Phi) is 3.37. The average Bonchev–Trinajstić information content (AvgIpc) is 2.99. The molecule has 2 aromatic rings. The molecule has 1 aliphatic rings. The van der Waals surface area contributed by atoms with Crippen LogP contribution in [-0.4, -0.2) is 61.8 Å². The van der Waals surface area contributed by atoms with Crippen molar-refractivity contribution in [2.24, 2.45) is 0 Å². The molecule has 10 nitrogen and oxygen atoms in total. The number of fused-ring (bicyclic) bond motifs is 1. The second-order valence-electron chi connectivity index (χ2n) is 4.71. The summed E-state index contributed by atoms with van der Waals surface area (Å²) in [6.07, 6.45) is -1.96. The van der Waals surface area contributed by atoms with Crippen LogP contribution in [0.3, 0.4) is 0 Å². The number of nitrogens with one attached hydrogen (secondary N) is 1. The van der Waals surface area contributed by atoms with Crippen molar-refractivity contribution in [3.8, 4) is 0 Å². The van der Waals surface area contributed by atoms with E-state index >= 15 is 0 Å². The number of nitrogens with two attached hydrogens (primary N) is 1. The van der Waals surface area contributed by atoms with Gasteiger partial charge in [-0.05, 0) is 0 Å². The molecule has 1 aliphatic heterocycles. The van der Waals surface area contributed by atoms with E-state index in [0.29, 0.717) is 0 Å². The molecule has 10 heteroatoms. The van der Waals surface area contributed by atoms with Gasteiger partial charge in [-0.15, -0.1) is 0 Å². The number of nitrogens with zero attached hydrogens (tertiary/aromatic N) is 3. The van der Waals surface area contributed by atoms with E-state index in [4.69, 9.17) is 15.2 Å². The smallest absolute Gasteiger partial charge is 0.280 e. The van der Waals surface area contributed by atoms with Crippen LogP contribution in [0.1, 0.15) is 6.23 Å². The Balaban J connectivity index is 2.10. The van der Waals surface area contributed by atoms with E-state index < -0.39 is 30.1 Å². The monoisotopic (exact) mass is 297 g/mol. The molecule has 0 saturated carbocycles. The Morgan fingerprint density at radius 2 is 2.38 bits per heavy atom. The Morgan fingerprint density at radius 3 is 3.05 bits per heavy atom. The number of rotatable bonds is 3. The summed E-state index contributed by atoms with van der Waals surface area (Å²) in [6, 6.07) is 0. The number of aromatic amines is 1. The van der Waals surface area contributed by atoms with E-state index in [9.17, 15) is 15.0 Å². The van der Waals surface area contributed by atoms with Gasteiger partial charge in [0.2, 0.25) is 5.95 Å². The first kappa shape index (κ1) is 13.9. The SMILES string of the molecule is CO[C@@H]1[C@H](O)C(CO)O[C@H]1n1cnc2c(=O)[nH]c(N)nc21. The minimum Gasteiger partial charge on any atom is -0.394 e. The first-order valence-corrected chi connectivity index (χ1v) is 6.26. The lowest BCUT2D eigenvalue weighted by atomic mass is 10.1. The molecule has 1 fully saturated rings. The molecule has 0 radical (unpaired) electrons. The van der Waals surface area contributed by atoms with Gasteiger partial charge < -0.3 is 25.4 Å². The standard InChI is InChI=1S/C11H15N5O5/c1-20-7-6(18)4(2-17)21-10(7)16-3-13-5-8(16)14-11(12)15-9(5)19/h3-4,6-7,10,17-18H,2H2,1H3,(H3,12,14,15,19)/t4?,6-,7-,10-/m1/s1. The van der Waals surface area contributed by atoms with Gasteiger partial charge in [0.25, 0.3) is 5.56 Å². The van der Waals surface area contributed by atoms with E-state index in [1.54, 1.807) is 0 Å². The van der Waals surface area contributed by atoms with Gasteiger partial charge in [-0.3, -0.25) is 14.3 Å². The summed E-state index contributed by atoms with van der Waals surface area (Å²) in [4.78, 5) is 22.1. The van der Waals surface area contributed by atoms with Crippen molar-refractivity contribution in [2.75, 3.05) is 19.5 Å². The highest BCUT2D eigenvalue weighted by molar-refractivity contribution is 5.70. The lowest BCUT2D eigenvalue weighted by Gasteiger charge is -2.19. The minimum atomic E-state index is -1.01. The molecule has 114 valence electrons. The Labute approximate surface area is 118 Å². The maximum atomic E-state index is 11.8. The summed E-state index contributed by atoms with van der Waals surface area (Å²) in [7, 11) is 1.41. The van der Waals surface area contributed by atoms with Crippen LogP contribution in [-0.2, 0) is 9.47 Å². The minimum absolute atomic E-state index is 0.0551. The van der Waals surface area contributed by atoms with E-state index in [-0.39, 0.29) is 23.7 Å². The van der Waals surface area contributed by atoms with Crippen molar-refractivity contribution < 1.29 is 19.7 Å². The summed E-state index contributed by atoms with van der Waals surface area (Å²) in [6.45, 7) is -0.361. The maximum Gasteiger partial charge on any atom is 0.280 e. The van der Waals surface area contributed by atoms with Crippen LogP contribution < -0.4 is 11.3 Å².